The summed E-state index contributed by atoms with van der Waals surface area (Å²) in [4.78, 5) is 32.6. The average Bonchev–Trinajstić information content (AvgIpc) is 3.38. The predicted octanol–water partition coefficient (Wildman–Crippen LogP) is 1.32. The molecule has 152 valence electrons. The first kappa shape index (κ1) is 20.1. The summed E-state index contributed by atoms with van der Waals surface area (Å²) >= 11 is 0. The number of aryl methyl sites for hydroxylation is 1. The number of nitrogens with zero attached hydrogens (tertiary/aromatic N) is 4. The average molecular weight is 389 g/mol. The molecule has 9 nitrogen and oxygen atoms in total. The highest BCUT2D eigenvalue weighted by Gasteiger charge is 2.23. The van der Waals surface area contributed by atoms with Gasteiger partial charge in [-0.25, -0.2) is 0 Å². The molecule has 2 aromatic rings. The van der Waals surface area contributed by atoms with E-state index in [4.69, 9.17) is 8.94 Å². The molecule has 9 heteroatoms. The SMILES string of the molecule is CCC(C)NC(=O)CN1CCN(C(=O)CCc2nc(-c3ccco3)no2)CC1. The highest BCUT2D eigenvalue weighted by molar-refractivity contribution is 5.78. The van der Waals surface area contributed by atoms with Crippen molar-refractivity contribution >= 4 is 11.8 Å². The van der Waals surface area contributed by atoms with Crippen LogP contribution >= 0.6 is 0 Å². The lowest BCUT2D eigenvalue weighted by Crippen LogP contribution is -2.51. The Kier molecular flexibility index (Phi) is 6.80. The van der Waals surface area contributed by atoms with Crippen molar-refractivity contribution in [3.05, 3.63) is 24.3 Å². The molecule has 0 bridgehead atoms. The molecular formula is C19H27N5O4. The Bertz CT molecular complexity index is 765. The van der Waals surface area contributed by atoms with Crippen LogP contribution in [0.4, 0.5) is 0 Å². The summed E-state index contributed by atoms with van der Waals surface area (Å²) in [5, 5.41) is 6.83. The molecule has 0 aromatic carbocycles. The van der Waals surface area contributed by atoms with Gasteiger partial charge < -0.3 is 19.2 Å². The van der Waals surface area contributed by atoms with Crippen LogP contribution < -0.4 is 5.32 Å². The Morgan fingerprint density at radius 1 is 1.29 bits per heavy atom. The quantitative estimate of drug-likeness (QED) is 0.726. The maximum atomic E-state index is 12.4. The third-order valence-electron chi connectivity index (χ3n) is 4.87. The monoisotopic (exact) mass is 389 g/mol. The van der Waals surface area contributed by atoms with Gasteiger partial charge in [0.1, 0.15) is 0 Å². The minimum Gasteiger partial charge on any atom is -0.461 e. The van der Waals surface area contributed by atoms with Gasteiger partial charge in [0.05, 0.1) is 12.8 Å². The summed E-state index contributed by atoms with van der Waals surface area (Å²) < 4.78 is 10.4. The fourth-order valence-corrected chi connectivity index (χ4v) is 3.02. The number of carbonyl (C=O) groups excluding carboxylic acids is 2. The molecule has 1 saturated heterocycles. The molecule has 2 aromatic heterocycles. The maximum Gasteiger partial charge on any atom is 0.238 e. The van der Waals surface area contributed by atoms with E-state index in [0.717, 1.165) is 6.42 Å². The second-order valence-electron chi connectivity index (χ2n) is 7.02. The van der Waals surface area contributed by atoms with E-state index in [2.05, 4.69) is 20.4 Å². The van der Waals surface area contributed by atoms with Crippen LogP contribution in [0.15, 0.2) is 27.3 Å². The van der Waals surface area contributed by atoms with E-state index in [1.165, 1.54) is 0 Å². The number of carbonyl (C=O) groups is 2. The first-order valence-electron chi connectivity index (χ1n) is 9.71. The Morgan fingerprint density at radius 3 is 2.75 bits per heavy atom. The third-order valence-corrected chi connectivity index (χ3v) is 4.87. The minimum absolute atomic E-state index is 0.0397. The summed E-state index contributed by atoms with van der Waals surface area (Å²) in [5.74, 6) is 1.44. The molecule has 1 aliphatic heterocycles. The van der Waals surface area contributed by atoms with Crippen molar-refractivity contribution in [3.63, 3.8) is 0 Å². The number of rotatable bonds is 8. The van der Waals surface area contributed by atoms with Crippen molar-refractivity contribution in [2.24, 2.45) is 0 Å². The standard InChI is InChI=1S/C19H27N5O4/c1-3-14(2)20-16(25)13-23-8-10-24(11-9-23)18(26)7-6-17-21-19(22-28-17)15-5-4-12-27-15/h4-5,12,14H,3,6-11,13H2,1-2H3,(H,20,25). The number of amides is 2. The van der Waals surface area contributed by atoms with Crippen molar-refractivity contribution in [1.29, 1.82) is 0 Å². The van der Waals surface area contributed by atoms with Gasteiger partial charge in [0.25, 0.3) is 0 Å². The number of nitrogens with one attached hydrogen (secondary N) is 1. The zero-order valence-corrected chi connectivity index (χ0v) is 16.4. The largest absolute Gasteiger partial charge is 0.461 e. The van der Waals surface area contributed by atoms with Crippen LogP contribution in [-0.4, -0.2) is 70.5 Å². The van der Waals surface area contributed by atoms with Crippen LogP contribution in [0.25, 0.3) is 11.6 Å². The molecule has 2 amide bonds. The van der Waals surface area contributed by atoms with Crippen molar-refractivity contribution in [3.8, 4) is 11.6 Å². The van der Waals surface area contributed by atoms with E-state index >= 15 is 0 Å². The molecule has 1 fully saturated rings. The predicted molar refractivity (Wildman–Crippen MR) is 101 cm³/mol. The Labute approximate surface area is 164 Å². The number of furan rings is 1. The van der Waals surface area contributed by atoms with E-state index in [1.807, 2.05) is 18.7 Å². The molecule has 3 heterocycles. The van der Waals surface area contributed by atoms with E-state index in [1.54, 1.807) is 18.4 Å². The van der Waals surface area contributed by atoms with Gasteiger partial charge in [-0.2, -0.15) is 4.98 Å². The number of aromatic nitrogens is 2. The smallest absolute Gasteiger partial charge is 0.238 e. The highest BCUT2D eigenvalue weighted by atomic mass is 16.5. The second-order valence-corrected chi connectivity index (χ2v) is 7.02. The lowest BCUT2D eigenvalue weighted by atomic mass is 10.2. The molecule has 0 radical (unpaired) electrons. The Hall–Kier alpha value is -2.68. The van der Waals surface area contributed by atoms with Gasteiger partial charge in [-0.1, -0.05) is 12.1 Å². The van der Waals surface area contributed by atoms with Gasteiger partial charge in [-0.15, -0.1) is 0 Å². The van der Waals surface area contributed by atoms with Gasteiger partial charge in [0, 0.05) is 45.1 Å². The summed E-state index contributed by atoms with van der Waals surface area (Å²) in [5.41, 5.74) is 0. The van der Waals surface area contributed by atoms with Crippen LogP contribution in [0.2, 0.25) is 0 Å². The molecule has 3 rings (SSSR count). The summed E-state index contributed by atoms with van der Waals surface area (Å²) in [6.07, 6.45) is 3.16. The van der Waals surface area contributed by atoms with Crippen molar-refractivity contribution < 1.29 is 18.5 Å². The summed E-state index contributed by atoms with van der Waals surface area (Å²) in [7, 11) is 0. The van der Waals surface area contributed by atoms with Crippen LogP contribution in [0.3, 0.4) is 0 Å². The molecular weight excluding hydrogens is 362 g/mol. The Balaban J connectivity index is 1.39. The van der Waals surface area contributed by atoms with Gasteiger partial charge in [0.2, 0.25) is 23.5 Å². The zero-order chi connectivity index (χ0) is 19.9. The van der Waals surface area contributed by atoms with Crippen LogP contribution in [0.1, 0.15) is 32.6 Å². The Morgan fingerprint density at radius 2 is 2.07 bits per heavy atom. The van der Waals surface area contributed by atoms with E-state index < -0.39 is 0 Å². The van der Waals surface area contributed by atoms with Crippen LogP contribution in [0.5, 0.6) is 0 Å². The second kappa shape index (κ2) is 9.50. The van der Waals surface area contributed by atoms with E-state index in [9.17, 15) is 9.59 Å². The number of piperazine rings is 1. The zero-order valence-electron chi connectivity index (χ0n) is 16.4. The summed E-state index contributed by atoms with van der Waals surface area (Å²) in [6.45, 7) is 7.06. The first-order chi connectivity index (χ1) is 13.5. The minimum atomic E-state index is 0.0397. The van der Waals surface area contributed by atoms with E-state index in [-0.39, 0.29) is 17.9 Å². The first-order valence-corrected chi connectivity index (χ1v) is 9.71. The van der Waals surface area contributed by atoms with Crippen molar-refractivity contribution in [2.45, 2.75) is 39.2 Å². The highest BCUT2D eigenvalue weighted by Crippen LogP contribution is 2.16. The number of hydrogen-bond acceptors (Lipinski definition) is 7. The van der Waals surface area contributed by atoms with Gasteiger partial charge in [-0.05, 0) is 25.5 Å². The lowest BCUT2D eigenvalue weighted by molar-refractivity contribution is -0.133. The molecule has 28 heavy (non-hydrogen) atoms. The maximum absolute atomic E-state index is 12.4. The molecule has 1 aliphatic rings. The van der Waals surface area contributed by atoms with E-state index in [0.29, 0.717) is 63.0 Å². The molecule has 1 unspecified atom stereocenters. The summed E-state index contributed by atoms with van der Waals surface area (Å²) in [6, 6.07) is 3.69. The molecule has 0 spiro atoms. The fourth-order valence-electron chi connectivity index (χ4n) is 3.02. The van der Waals surface area contributed by atoms with Crippen molar-refractivity contribution in [2.75, 3.05) is 32.7 Å². The fraction of sp³-hybridized carbons (Fsp3) is 0.579. The molecule has 0 aliphatic carbocycles. The number of hydrogen-bond donors (Lipinski definition) is 1. The van der Waals surface area contributed by atoms with Gasteiger partial charge in [0.15, 0.2) is 5.76 Å². The topological polar surface area (TPSA) is 105 Å². The van der Waals surface area contributed by atoms with Crippen LogP contribution in [-0.2, 0) is 16.0 Å². The normalized spacial score (nSPS) is 16.1. The van der Waals surface area contributed by atoms with Crippen LogP contribution in [0, 0.1) is 0 Å². The molecule has 0 saturated carbocycles. The van der Waals surface area contributed by atoms with Gasteiger partial charge >= 0.3 is 0 Å². The van der Waals surface area contributed by atoms with Gasteiger partial charge in [-0.3, -0.25) is 14.5 Å². The molecule has 1 atom stereocenters. The lowest BCUT2D eigenvalue weighted by Gasteiger charge is -2.34. The third kappa shape index (κ3) is 5.41. The van der Waals surface area contributed by atoms with Crippen molar-refractivity contribution in [1.82, 2.24) is 25.3 Å². The molecule has 1 N–H and O–H groups in total.